The molecule has 2 N–H and O–H groups in total. The lowest BCUT2D eigenvalue weighted by molar-refractivity contribution is 1.08. The first-order chi connectivity index (χ1) is 8.11. The molecule has 0 spiro atoms. The van der Waals surface area contributed by atoms with E-state index < -0.39 is 0 Å². The Morgan fingerprint density at radius 2 is 1.94 bits per heavy atom. The molecule has 90 valence electrons. The van der Waals surface area contributed by atoms with Crippen LogP contribution in [0.5, 0.6) is 0 Å². The van der Waals surface area contributed by atoms with Crippen LogP contribution in [-0.4, -0.2) is 19.1 Å². The van der Waals surface area contributed by atoms with Crippen LogP contribution in [0.1, 0.15) is 4.88 Å². The van der Waals surface area contributed by atoms with Crippen molar-refractivity contribution in [1.29, 1.82) is 0 Å². The second kappa shape index (κ2) is 5.16. The molecule has 3 nitrogen and oxygen atoms in total. The molecular weight excluding hydrogens is 298 g/mol. The average molecular weight is 312 g/mol. The van der Waals surface area contributed by atoms with Crippen LogP contribution >= 0.6 is 27.3 Å². The van der Waals surface area contributed by atoms with Gasteiger partial charge in [0.15, 0.2) is 0 Å². The summed E-state index contributed by atoms with van der Waals surface area (Å²) in [6.07, 6.45) is 0. The number of benzene rings is 1. The molecule has 0 aliphatic heterocycles. The maximum atomic E-state index is 5.64. The molecular formula is C12H14BrN3S. The van der Waals surface area contributed by atoms with Crippen molar-refractivity contribution in [2.75, 3.05) is 19.0 Å². The predicted octanol–water partition coefficient (Wildman–Crippen LogP) is 3.10. The Morgan fingerprint density at radius 1 is 1.29 bits per heavy atom. The molecule has 2 rings (SSSR count). The van der Waals surface area contributed by atoms with Gasteiger partial charge in [0.25, 0.3) is 0 Å². The van der Waals surface area contributed by atoms with Gasteiger partial charge < -0.3 is 10.6 Å². The number of nitrogens with zero attached hydrogens (tertiary/aromatic N) is 2. The standard InChI is InChI=1S/C12H14BrN3S/c1-16(2)9-5-3-8(4-6-9)12-15-11(13)10(7-14)17-12/h3-6H,7,14H2,1-2H3. The molecule has 0 radical (unpaired) electrons. The number of thiazole rings is 1. The van der Waals surface area contributed by atoms with Gasteiger partial charge in [0.1, 0.15) is 9.61 Å². The Kier molecular flexibility index (Phi) is 3.81. The van der Waals surface area contributed by atoms with E-state index in [1.54, 1.807) is 11.3 Å². The van der Waals surface area contributed by atoms with Gasteiger partial charge in [0.2, 0.25) is 0 Å². The molecule has 0 saturated carbocycles. The second-order valence-corrected chi connectivity index (χ2v) is 5.71. The molecule has 1 aromatic carbocycles. The fourth-order valence-corrected chi connectivity index (χ4v) is 3.02. The van der Waals surface area contributed by atoms with Crippen LogP contribution < -0.4 is 10.6 Å². The maximum Gasteiger partial charge on any atom is 0.124 e. The van der Waals surface area contributed by atoms with E-state index in [9.17, 15) is 0 Å². The summed E-state index contributed by atoms with van der Waals surface area (Å²) in [5, 5.41) is 1.00. The Morgan fingerprint density at radius 3 is 2.41 bits per heavy atom. The quantitative estimate of drug-likeness (QED) is 0.947. The van der Waals surface area contributed by atoms with E-state index in [-0.39, 0.29) is 0 Å². The third kappa shape index (κ3) is 2.68. The van der Waals surface area contributed by atoms with Gasteiger partial charge in [-0.2, -0.15) is 0 Å². The Bertz CT molecular complexity index is 505. The summed E-state index contributed by atoms with van der Waals surface area (Å²) in [6.45, 7) is 0.522. The number of aromatic nitrogens is 1. The summed E-state index contributed by atoms with van der Waals surface area (Å²) in [5.74, 6) is 0. The number of hydrogen-bond donors (Lipinski definition) is 1. The van der Waals surface area contributed by atoms with Gasteiger partial charge in [-0.15, -0.1) is 11.3 Å². The molecule has 0 fully saturated rings. The molecule has 0 aliphatic carbocycles. The molecule has 0 unspecified atom stereocenters. The van der Waals surface area contributed by atoms with Crippen LogP contribution in [-0.2, 0) is 6.54 Å². The lowest BCUT2D eigenvalue weighted by atomic mass is 10.2. The fourth-order valence-electron chi connectivity index (χ4n) is 1.48. The second-order valence-electron chi connectivity index (χ2n) is 3.88. The highest BCUT2D eigenvalue weighted by Crippen LogP contribution is 2.31. The highest BCUT2D eigenvalue weighted by molar-refractivity contribution is 9.10. The van der Waals surface area contributed by atoms with Gasteiger partial charge >= 0.3 is 0 Å². The van der Waals surface area contributed by atoms with E-state index >= 15 is 0 Å². The van der Waals surface area contributed by atoms with Gasteiger partial charge in [0.05, 0.1) is 4.88 Å². The molecule has 0 atom stereocenters. The first-order valence-electron chi connectivity index (χ1n) is 5.25. The van der Waals surface area contributed by atoms with Gasteiger partial charge in [-0.05, 0) is 40.2 Å². The van der Waals surface area contributed by atoms with Crippen LogP contribution in [0.15, 0.2) is 28.9 Å². The van der Waals surface area contributed by atoms with Crippen LogP contribution in [0, 0.1) is 0 Å². The number of rotatable bonds is 3. The number of anilines is 1. The SMILES string of the molecule is CN(C)c1ccc(-c2nc(Br)c(CN)s2)cc1. The zero-order valence-corrected chi connectivity index (χ0v) is 12.2. The summed E-state index contributed by atoms with van der Waals surface area (Å²) in [5.41, 5.74) is 7.95. The van der Waals surface area contributed by atoms with E-state index in [4.69, 9.17) is 5.73 Å². The van der Waals surface area contributed by atoms with Crippen molar-refractivity contribution in [3.63, 3.8) is 0 Å². The normalized spacial score (nSPS) is 10.6. The van der Waals surface area contributed by atoms with Gasteiger partial charge in [-0.1, -0.05) is 0 Å². The minimum atomic E-state index is 0.522. The van der Waals surface area contributed by atoms with E-state index in [1.165, 1.54) is 5.69 Å². The largest absolute Gasteiger partial charge is 0.378 e. The van der Waals surface area contributed by atoms with Crippen LogP contribution in [0.4, 0.5) is 5.69 Å². The molecule has 0 saturated heterocycles. The minimum Gasteiger partial charge on any atom is -0.378 e. The topological polar surface area (TPSA) is 42.2 Å². The van der Waals surface area contributed by atoms with E-state index in [2.05, 4.69) is 50.1 Å². The van der Waals surface area contributed by atoms with Gasteiger partial charge in [-0.3, -0.25) is 0 Å². The zero-order valence-electron chi connectivity index (χ0n) is 9.77. The van der Waals surface area contributed by atoms with Gasteiger partial charge in [-0.25, -0.2) is 4.98 Å². The van der Waals surface area contributed by atoms with E-state index in [0.29, 0.717) is 6.54 Å². The molecule has 2 aromatic rings. The third-order valence-electron chi connectivity index (χ3n) is 2.47. The van der Waals surface area contributed by atoms with Crippen molar-refractivity contribution in [3.8, 4) is 10.6 Å². The fraction of sp³-hybridized carbons (Fsp3) is 0.250. The molecule has 17 heavy (non-hydrogen) atoms. The smallest absolute Gasteiger partial charge is 0.124 e. The molecule has 0 bridgehead atoms. The number of nitrogens with two attached hydrogens (primary N) is 1. The van der Waals surface area contributed by atoms with Crippen LogP contribution in [0.25, 0.3) is 10.6 Å². The zero-order chi connectivity index (χ0) is 12.4. The Hall–Kier alpha value is -0.910. The minimum absolute atomic E-state index is 0.522. The molecule has 5 heteroatoms. The summed E-state index contributed by atoms with van der Waals surface area (Å²) >= 11 is 5.05. The van der Waals surface area contributed by atoms with Crippen LogP contribution in [0.3, 0.4) is 0 Å². The first-order valence-corrected chi connectivity index (χ1v) is 6.86. The average Bonchev–Trinajstić information content (AvgIpc) is 2.70. The van der Waals surface area contributed by atoms with Crippen LogP contribution in [0.2, 0.25) is 0 Å². The number of hydrogen-bond acceptors (Lipinski definition) is 4. The first kappa shape index (κ1) is 12.5. The van der Waals surface area contributed by atoms with Crippen molar-refractivity contribution in [2.24, 2.45) is 5.73 Å². The summed E-state index contributed by atoms with van der Waals surface area (Å²) in [6, 6.07) is 8.35. The van der Waals surface area contributed by atoms with Crippen molar-refractivity contribution in [1.82, 2.24) is 4.98 Å². The lowest BCUT2D eigenvalue weighted by Crippen LogP contribution is -2.07. The monoisotopic (exact) mass is 311 g/mol. The van der Waals surface area contributed by atoms with Crippen molar-refractivity contribution in [3.05, 3.63) is 33.7 Å². The predicted molar refractivity (Wildman–Crippen MR) is 77.5 cm³/mol. The summed E-state index contributed by atoms with van der Waals surface area (Å²) in [4.78, 5) is 7.62. The summed E-state index contributed by atoms with van der Waals surface area (Å²) < 4.78 is 0.858. The maximum absolute atomic E-state index is 5.64. The number of halogens is 1. The van der Waals surface area contributed by atoms with E-state index in [1.807, 2.05) is 14.1 Å². The Balaban J connectivity index is 2.33. The lowest BCUT2D eigenvalue weighted by Gasteiger charge is -2.11. The third-order valence-corrected chi connectivity index (χ3v) is 4.51. The Labute approximate surface area is 113 Å². The molecule has 1 aromatic heterocycles. The van der Waals surface area contributed by atoms with Crippen molar-refractivity contribution < 1.29 is 0 Å². The highest BCUT2D eigenvalue weighted by atomic mass is 79.9. The molecule has 0 amide bonds. The molecule has 0 aliphatic rings. The van der Waals surface area contributed by atoms with E-state index in [0.717, 1.165) is 20.1 Å². The van der Waals surface area contributed by atoms with Crippen molar-refractivity contribution >= 4 is 33.0 Å². The van der Waals surface area contributed by atoms with Gasteiger partial charge in [0, 0.05) is 31.9 Å². The van der Waals surface area contributed by atoms with Crippen molar-refractivity contribution in [2.45, 2.75) is 6.54 Å². The highest BCUT2D eigenvalue weighted by Gasteiger charge is 2.09. The molecule has 1 heterocycles. The summed E-state index contributed by atoms with van der Waals surface area (Å²) in [7, 11) is 4.06.